The lowest BCUT2D eigenvalue weighted by Gasteiger charge is -2.23. The summed E-state index contributed by atoms with van der Waals surface area (Å²) in [5.41, 5.74) is 1.87. The number of thioether (sulfide) groups is 1. The zero-order chi connectivity index (χ0) is 19.4. The molecule has 2 aromatic rings. The Morgan fingerprint density at radius 3 is 2.52 bits per heavy atom. The van der Waals surface area contributed by atoms with Crippen molar-refractivity contribution in [2.24, 2.45) is 0 Å². The Morgan fingerprint density at radius 1 is 1.22 bits per heavy atom. The second kappa shape index (κ2) is 8.37. The molecule has 1 atom stereocenters. The molecule has 0 saturated carbocycles. The van der Waals surface area contributed by atoms with Crippen LogP contribution in [0.4, 0.5) is 0 Å². The molecular formula is C20H16NO4S2-. The molecule has 1 aliphatic rings. The van der Waals surface area contributed by atoms with Crippen LogP contribution in [0.5, 0.6) is 5.75 Å². The van der Waals surface area contributed by atoms with Crippen LogP contribution in [0.3, 0.4) is 0 Å². The third-order valence-electron chi connectivity index (χ3n) is 3.98. The summed E-state index contributed by atoms with van der Waals surface area (Å²) < 4.78 is 5.95. The van der Waals surface area contributed by atoms with E-state index in [4.69, 9.17) is 17.0 Å². The van der Waals surface area contributed by atoms with Gasteiger partial charge in [-0.15, -0.1) is 0 Å². The highest BCUT2D eigenvalue weighted by molar-refractivity contribution is 8.26. The molecule has 1 saturated heterocycles. The normalized spacial score (nSPS) is 16.6. The Labute approximate surface area is 166 Å². The van der Waals surface area contributed by atoms with E-state index < -0.39 is 17.9 Å². The maximum atomic E-state index is 12.4. The summed E-state index contributed by atoms with van der Waals surface area (Å²) in [6, 6.07) is 16.0. The first kappa shape index (κ1) is 19.1. The van der Waals surface area contributed by atoms with Crippen LogP contribution >= 0.6 is 24.0 Å². The molecule has 138 valence electrons. The molecule has 5 nitrogen and oxygen atoms in total. The van der Waals surface area contributed by atoms with E-state index in [1.54, 1.807) is 6.08 Å². The molecule has 0 unspecified atom stereocenters. The first-order valence-corrected chi connectivity index (χ1v) is 9.43. The zero-order valence-corrected chi connectivity index (χ0v) is 16.1. The Kier molecular flexibility index (Phi) is 5.93. The first-order chi connectivity index (χ1) is 13.0. The summed E-state index contributed by atoms with van der Waals surface area (Å²) in [5, 5.41) is 11.0. The summed E-state index contributed by atoms with van der Waals surface area (Å²) in [7, 11) is 0. The quantitative estimate of drug-likeness (QED) is 0.550. The van der Waals surface area contributed by atoms with E-state index in [2.05, 4.69) is 0 Å². The van der Waals surface area contributed by atoms with Crippen LogP contribution in [0.15, 0.2) is 59.5 Å². The molecule has 7 heteroatoms. The van der Waals surface area contributed by atoms with Crippen LogP contribution in [0, 0.1) is 0 Å². The van der Waals surface area contributed by atoms with Crippen molar-refractivity contribution in [3.8, 4) is 5.75 Å². The van der Waals surface area contributed by atoms with Gasteiger partial charge >= 0.3 is 0 Å². The average molecular weight is 398 g/mol. The molecule has 1 fully saturated rings. The highest BCUT2D eigenvalue weighted by Crippen LogP contribution is 2.34. The molecule has 3 rings (SSSR count). The van der Waals surface area contributed by atoms with Crippen molar-refractivity contribution in [2.75, 3.05) is 0 Å². The van der Waals surface area contributed by atoms with Gasteiger partial charge in [0.15, 0.2) is 0 Å². The third kappa shape index (κ3) is 4.56. The number of hydrogen-bond acceptors (Lipinski definition) is 6. The van der Waals surface area contributed by atoms with E-state index in [-0.39, 0.29) is 4.32 Å². The lowest BCUT2D eigenvalue weighted by molar-refractivity contribution is -0.309. The second-order valence-electron chi connectivity index (χ2n) is 5.89. The van der Waals surface area contributed by atoms with Crippen molar-refractivity contribution in [3.63, 3.8) is 0 Å². The summed E-state index contributed by atoms with van der Waals surface area (Å²) in [5.74, 6) is -1.05. The number of aliphatic carboxylic acids is 1. The van der Waals surface area contributed by atoms with Crippen molar-refractivity contribution >= 4 is 46.3 Å². The maximum absolute atomic E-state index is 12.4. The standard InChI is InChI=1S/C20H17NO4S2/c1-13(19(23)24)21-18(22)17(27-20(21)26)11-14-7-9-16(10-8-14)25-12-15-5-3-2-4-6-15/h2-11,13H,12H2,1H3,(H,23,24)/p-1/b17-11-/t13-/m0/s1. The summed E-state index contributed by atoms with van der Waals surface area (Å²) in [4.78, 5) is 24.9. The third-order valence-corrected chi connectivity index (χ3v) is 5.31. The first-order valence-electron chi connectivity index (χ1n) is 8.20. The average Bonchev–Trinajstić information content (AvgIpc) is 2.94. The minimum absolute atomic E-state index is 0.214. The molecule has 1 aliphatic heterocycles. The van der Waals surface area contributed by atoms with E-state index in [0.717, 1.165) is 27.8 Å². The topological polar surface area (TPSA) is 69.7 Å². The summed E-state index contributed by atoms with van der Waals surface area (Å²) in [6.07, 6.45) is 1.68. The predicted molar refractivity (Wildman–Crippen MR) is 107 cm³/mol. The molecule has 0 aromatic heterocycles. The highest BCUT2D eigenvalue weighted by atomic mass is 32.2. The van der Waals surface area contributed by atoms with Crippen LogP contribution in [0.1, 0.15) is 18.1 Å². The number of carbonyl (C=O) groups excluding carboxylic acids is 2. The van der Waals surface area contributed by atoms with Crippen LogP contribution in [0.2, 0.25) is 0 Å². The SMILES string of the molecule is C[C@@H](C(=O)[O-])N1C(=O)/C(=C/c2ccc(OCc3ccccc3)cc2)SC1=S. The molecular weight excluding hydrogens is 382 g/mol. The van der Waals surface area contributed by atoms with Crippen LogP contribution in [-0.4, -0.2) is 27.1 Å². The Morgan fingerprint density at radius 2 is 1.89 bits per heavy atom. The van der Waals surface area contributed by atoms with Gasteiger partial charge in [-0.05, 0) is 36.3 Å². The van der Waals surface area contributed by atoms with Crippen molar-refractivity contribution in [1.82, 2.24) is 4.90 Å². The van der Waals surface area contributed by atoms with E-state index in [1.165, 1.54) is 6.92 Å². The molecule has 0 spiro atoms. The monoisotopic (exact) mass is 398 g/mol. The number of carboxylic acids is 1. The molecule has 1 amide bonds. The second-order valence-corrected chi connectivity index (χ2v) is 7.57. The molecule has 0 aliphatic carbocycles. The lowest BCUT2D eigenvalue weighted by Crippen LogP contribution is -2.48. The summed E-state index contributed by atoms with van der Waals surface area (Å²) >= 11 is 6.20. The zero-order valence-electron chi connectivity index (χ0n) is 14.5. The Balaban J connectivity index is 1.68. The van der Waals surface area contributed by atoms with Gasteiger partial charge in [-0.3, -0.25) is 9.69 Å². The number of ether oxygens (including phenoxy) is 1. The van der Waals surface area contributed by atoms with Crippen molar-refractivity contribution in [3.05, 3.63) is 70.6 Å². The van der Waals surface area contributed by atoms with Gasteiger partial charge in [-0.1, -0.05) is 66.4 Å². The fourth-order valence-corrected chi connectivity index (χ4v) is 3.89. The van der Waals surface area contributed by atoms with Crippen LogP contribution in [0.25, 0.3) is 6.08 Å². The van der Waals surface area contributed by atoms with E-state index in [1.807, 2.05) is 54.6 Å². The minimum atomic E-state index is -1.34. The van der Waals surface area contributed by atoms with Gasteiger partial charge < -0.3 is 14.6 Å². The Bertz CT molecular complexity index is 894. The largest absolute Gasteiger partial charge is 0.548 e. The number of thiocarbonyl (C=S) groups is 1. The molecule has 1 heterocycles. The smallest absolute Gasteiger partial charge is 0.266 e. The fraction of sp³-hybridized carbons (Fsp3) is 0.150. The maximum Gasteiger partial charge on any atom is 0.266 e. The van der Waals surface area contributed by atoms with Crippen molar-refractivity contribution < 1.29 is 19.4 Å². The number of benzene rings is 2. The van der Waals surface area contributed by atoms with Gasteiger partial charge in [0.1, 0.15) is 16.7 Å². The van der Waals surface area contributed by atoms with Gasteiger partial charge in [0.2, 0.25) is 0 Å². The van der Waals surface area contributed by atoms with Gasteiger partial charge in [-0.2, -0.15) is 0 Å². The highest BCUT2D eigenvalue weighted by Gasteiger charge is 2.35. The molecule has 27 heavy (non-hydrogen) atoms. The number of hydrogen-bond donors (Lipinski definition) is 0. The number of nitrogens with zero attached hydrogens (tertiary/aromatic N) is 1. The molecule has 2 aromatic carbocycles. The Hall–Kier alpha value is -2.64. The summed E-state index contributed by atoms with van der Waals surface area (Å²) in [6.45, 7) is 1.85. The lowest BCUT2D eigenvalue weighted by atomic mass is 10.2. The van der Waals surface area contributed by atoms with E-state index >= 15 is 0 Å². The van der Waals surface area contributed by atoms with Gasteiger partial charge in [0, 0.05) is 0 Å². The minimum Gasteiger partial charge on any atom is -0.548 e. The number of amides is 1. The number of carboxylic acid groups (broad SMARTS) is 1. The number of rotatable bonds is 6. The van der Waals surface area contributed by atoms with Crippen molar-refractivity contribution in [2.45, 2.75) is 19.6 Å². The fourth-order valence-electron chi connectivity index (χ4n) is 2.47. The molecule has 0 radical (unpaired) electrons. The van der Waals surface area contributed by atoms with Crippen LogP contribution < -0.4 is 9.84 Å². The molecule has 0 bridgehead atoms. The molecule has 0 N–H and O–H groups in total. The number of carbonyl (C=O) groups is 2. The predicted octanol–water partition coefficient (Wildman–Crippen LogP) is 2.61. The van der Waals surface area contributed by atoms with Crippen LogP contribution in [-0.2, 0) is 16.2 Å². The van der Waals surface area contributed by atoms with Gasteiger partial charge in [0.05, 0.1) is 16.9 Å². The van der Waals surface area contributed by atoms with Gasteiger partial charge in [-0.25, -0.2) is 0 Å². The van der Waals surface area contributed by atoms with E-state index in [9.17, 15) is 14.7 Å². The van der Waals surface area contributed by atoms with E-state index in [0.29, 0.717) is 17.3 Å². The van der Waals surface area contributed by atoms with Crippen molar-refractivity contribution in [1.29, 1.82) is 0 Å². The van der Waals surface area contributed by atoms with Gasteiger partial charge in [0.25, 0.3) is 5.91 Å².